The van der Waals surface area contributed by atoms with Gasteiger partial charge in [0.2, 0.25) is 11.8 Å². The Morgan fingerprint density at radius 2 is 1.83 bits per heavy atom. The Morgan fingerprint density at radius 1 is 1.07 bits per heavy atom. The second kappa shape index (κ2) is 11.3. The Hall–Kier alpha value is -1.88. The molecule has 2 unspecified atom stereocenters. The molecular weight excluding hydrogens is 362 g/mol. The van der Waals surface area contributed by atoms with Gasteiger partial charge in [-0.25, -0.2) is 0 Å². The zero-order valence-electron chi connectivity index (χ0n) is 17.9. The second-order valence-corrected chi connectivity index (χ2v) is 8.93. The highest BCUT2D eigenvalue weighted by atomic mass is 16.2. The minimum absolute atomic E-state index is 0.0208. The van der Waals surface area contributed by atoms with E-state index in [1.165, 1.54) is 24.8 Å². The van der Waals surface area contributed by atoms with Gasteiger partial charge in [-0.1, -0.05) is 49.6 Å². The van der Waals surface area contributed by atoms with Crippen molar-refractivity contribution in [2.24, 2.45) is 11.8 Å². The van der Waals surface area contributed by atoms with Gasteiger partial charge in [0.1, 0.15) is 6.04 Å². The number of nitrogens with one attached hydrogen (secondary N) is 2. The SMILES string of the molecule is CC(NC(=O)CC1CCCCC1)C(=O)NCC1CCN(CCc2ccccc2)C1. The van der Waals surface area contributed by atoms with Crippen LogP contribution in [-0.2, 0) is 16.0 Å². The average molecular weight is 400 g/mol. The lowest BCUT2D eigenvalue weighted by atomic mass is 9.87. The van der Waals surface area contributed by atoms with E-state index in [9.17, 15) is 9.59 Å². The van der Waals surface area contributed by atoms with Gasteiger partial charge in [-0.15, -0.1) is 0 Å². The first-order valence-electron chi connectivity index (χ1n) is 11.4. The maximum absolute atomic E-state index is 12.4. The van der Waals surface area contributed by atoms with Crippen molar-refractivity contribution in [3.05, 3.63) is 35.9 Å². The molecule has 1 aliphatic heterocycles. The number of carbonyl (C=O) groups is 2. The van der Waals surface area contributed by atoms with Crippen LogP contribution >= 0.6 is 0 Å². The number of benzene rings is 1. The predicted molar refractivity (Wildman–Crippen MR) is 116 cm³/mol. The molecule has 2 aliphatic rings. The summed E-state index contributed by atoms with van der Waals surface area (Å²) in [5.41, 5.74) is 1.38. The number of hydrogen-bond donors (Lipinski definition) is 2. The lowest BCUT2D eigenvalue weighted by Crippen LogP contribution is -2.46. The van der Waals surface area contributed by atoms with Crippen LogP contribution in [0.4, 0.5) is 0 Å². The Labute approximate surface area is 175 Å². The van der Waals surface area contributed by atoms with Crippen molar-refractivity contribution in [2.45, 2.75) is 64.3 Å². The molecule has 1 aliphatic carbocycles. The molecule has 1 saturated carbocycles. The number of hydrogen-bond acceptors (Lipinski definition) is 3. The minimum atomic E-state index is -0.457. The molecule has 5 nitrogen and oxygen atoms in total. The molecule has 0 radical (unpaired) electrons. The van der Waals surface area contributed by atoms with Crippen molar-refractivity contribution >= 4 is 11.8 Å². The molecule has 0 spiro atoms. The zero-order chi connectivity index (χ0) is 20.5. The van der Waals surface area contributed by atoms with Crippen LogP contribution in [0.15, 0.2) is 30.3 Å². The fraction of sp³-hybridized carbons (Fsp3) is 0.667. The standard InChI is InChI=1S/C24H37N3O2/c1-19(26-23(28)16-21-10-6-3-7-11-21)24(29)25-17-22-13-15-27(18-22)14-12-20-8-4-2-5-9-20/h2,4-5,8-9,19,21-22H,3,6-7,10-18H2,1H3,(H,25,29)(H,26,28). The smallest absolute Gasteiger partial charge is 0.242 e. The number of rotatable bonds is 9. The quantitative estimate of drug-likeness (QED) is 0.671. The summed E-state index contributed by atoms with van der Waals surface area (Å²) in [6.45, 7) is 5.69. The van der Waals surface area contributed by atoms with Gasteiger partial charge in [-0.2, -0.15) is 0 Å². The molecule has 2 fully saturated rings. The molecule has 1 heterocycles. The van der Waals surface area contributed by atoms with E-state index in [0.717, 1.165) is 45.3 Å². The van der Waals surface area contributed by atoms with Crippen LogP contribution in [0, 0.1) is 11.8 Å². The third-order valence-electron chi connectivity index (χ3n) is 6.46. The second-order valence-electron chi connectivity index (χ2n) is 8.93. The van der Waals surface area contributed by atoms with Gasteiger partial charge in [-0.05, 0) is 56.6 Å². The molecule has 2 atom stereocenters. The van der Waals surface area contributed by atoms with Crippen molar-refractivity contribution < 1.29 is 9.59 Å². The molecule has 0 bridgehead atoms. The van der Waals surface area contributed by atoms with E-state index in [1.54, 1.807) is 6.92 Å². The molecule has 1 aromatic carbocycles. The van der Waals surface area contributed by atoms with E-state index in [-0.39, 0.29) is 11.8 Å². The van der Waals surface area contributed by atoms with Crippen LogP contribution in [0.25, 0.3) is 0 Å². The summed E-state index contributed by atoms with van der Waals surface area (Å²) in [5, 5.41) is 5.94. The van der Waals surface area contributed by atoms with Gasteiger partial charge >= 0.3 is 0 Å². The van der Waals surface area contributed by atoms with E-state index in [0.29, 0.717) is 24.8 Å². The molecule has 5 heteroatoms. The summed E-state index contributed by atoms with van der Waals surface area (Å²) in [6, 6.07) is 10.1. The van der Waals surface area contributed by atoms with Gasteiger partial charge < -0.3 is 15.5 Å². The maximum Gasteiger partial charge on any atom is 0.242 e. The number of likely N-dealkylation sites (tertiary alicyclic amines) is 1. The normalized spacial score (nSPS) is 21.6. The Bertz CT molecular complexity index is 643. The third-order valence-corrected chi connectivity index (χ3v) is 6.46. The van der Waals surface area contributed by atoms with Crippen molar-refractivity contribution in [1.82, 2.24) is 15.5 Å². The van der Waals surface area contributed by atoms with Crippen molar-refractivity contribution in [1.29, 1.82) is 0 Å². The number of amides is 2. The summed E-state index contributed by atoms with van der Waals surface area (Å²) < 4.78 is 0. The topological polar surface area (TPSA) is 61.4 Å². The third kappa shape index (κ3) is 7.46. The van der Waals surface area contributed by atoms with Crippen LogP contribution in [0.3, 0.4) is 0 Å². The molecule has 160 valence electrons. The average Bonchev–Trinajstić information content (AvgIpc) is 3.19. The number of nitrogens with zero attached hydrogens (tertiary/aromatic N) is 1. The molecular formula is C24H37N3O2. The lowest BCUT2D eigenvalue weighted by Gasteiger charge is -2.22. The summed E-state index contributed by atoms with van der Waals surface area (Å²) in [5.74, 6) is 0.955. The highest BCUT2D eigenvalue weighted by Gasteiger charge is 2.24. The van der Waals surface area contributed by atoms with Crippen molar-refractivity contribution in [2.75, 3.05) is 26.2 Å². The molecule has 3 rings (SSSR count). The lowest BCUT2D eigenvalue weighted by molar-refractivity contribution is -0.129. The van der Waals surface area contributed by atoms with E-state index in [1.807, 2.05) is 0 Å². The molecule has 1 aromatic rings. The van der Waals surface area contributed by atoms with E-state index < -0.39 is 6.04 Å². The minimum Gasteiger partial charge on any atom is -0.354 e. The first-order chi connectivity index (χ1) is 14.1. The summed E-state index contributed by atoms with van der Waals surface area (Å²) in [4.78, 5) is 27.1. The van der Waals surface area contributed by atoms with Crippen LogP contribution < -0.4 is 10.6 Å². The monoisotopic (exact) mass is 399 g/mol. The predicted octanol–water partition coefficient (Wildman–Crippen LogP) is 3.14. The fourth-order valence-corrected chi connectivity index (χ4v) is 4.63. The van der Waals surface area contributed by atoms with Crippen LogP contribution in [0.2, 0.25) is 0 Å². The molecule has 2 amide bonds. The first-order valence-corrected chi connectivity index (χ1v) is 11.4. The molecule has 29 heavy (non-hydrogen) atoms. The number of carbonyl (C=O) groups excluding carboxylic acids is 2. The zero-order valence-corrected chi connectivity index (χ0v) is 17.9. The summed E-state index contributed by atoms with van der Waals surface area (Å²) in [6.07, 6.45) is 8.82. The van der Waals surface area contributed by atoms with Gasteiger partial charge in [0.15, 0.2) is 0 Å². The van der Waals surface area contributed by atoms with Gasteiger partial charge in [-0.3, -0.25) is 9.59 Å². The van der Waals surface area contributed by atoms with Crippen molar-refractivity contribution in [3.63, 3.8) is 0 Å². The molecule has 2 N–H and O–H groups in total. The van der Waals surface area contributed by atoms with Gasteiger partial charge in [0, 0.05) is 26.1 Å². The van der Waals surface area contributed by atoms with Crippen LogP contribution in [0.1, 0.15) is 57.4 Å². The van der Waals surface area contributed by atoms with E-state index in [4.69, 9.17) is 0 Å². The summed E-state index contributed by atoms with van der Waals surface area (Å²) >= 11 is 0. The Morgan fingerprint density at radius 3 is 2.59 bits per heavy atom. The van der Waals surface area contributed by atoms with Gasteiger partial charge in [0.25, 0.3) is 0 Å². The Balaban J connectivity index is 1.30. The fourth-order valence-electron chi connectivity index (χ4n) is 4.63. The summed E-state index contributed by atoms with van der Waals surface area (Å²) in [7, 11) is 0. The maximum atomic E-state index is 12.4. The highest BCUT2D eigenvalue weighted by molar-refractivity contribution is 5.87. The van der Waals surface area contributed by atoms with Crippen LogP contribution in [0.5, 0.6) is 0 Å². The molecule has 0 aromatic heterocycles. The first kappa shape index (κ1) is 21.8. The Kier molecular flexibility index (Phi) is 8.53. The largest absolute Gasteiger partial charge is 0.354 e. The van der Waals surface area contributed by atoms with E-state index in [2.05, 4.69) is 45.9 Å². The highest BCUT2D eigenvalue weighted by Crippen LogP contribution is 2.26. The van der Waals surface area contributed by atoms with Crippen LogP contribution in [-0.4, -0.2) is 48.9 Å². The van der Waals surface area contributed by atoms with Crippen molar-refractivity contribution in [3.8, 4) is 0 Å². The van der Waals surface area contributed by atoms with Gasteiger partial charge in [0.05, 0.1) is 0 Å². The van der Waals surface area contributed by atoms with E-state index >= 15 is 0 Å². The molecule has 1 saturated heterocycles.